The molecule has 21 heavy (non-hydrogen) atoms. The van der Waals surface area contributed by atoms with Gasteiger partial charge in [-0.1, -0.05) is 12.1 Å². The highest BCUT2D eigenvalue weighted by Gasteiger charge is 2.28. The van der Waals surface area contributed by atoms with Crippen LogP contribution in [0.5, 0.6) is 0 Å². The van der Waals surface area contributed by atoms with E-state index in [0.29, 0.717) is 11.1 Å². The number of carbonyl (C=O) groups is 1. The Bertz CT molecular complexity index is 736. The summed E-state index contributed by atoms with van der Waals surface area (Å²) in [5.74, 6) is -1.71. The third kappa shape index (κ3) is 2.92. The van der Waals surface area contributed by atoms with Crippen LogP contribution in [-0.2, 0) is 0 Å². The predicted octanol–water partition coefficient (Wildman–Crippen LogP) is 2.79. The van der Waals surface area contributed by atoms with Crippen LogP contribution in [0.2, 0.25) is 0 Å². The third-order valence-electron chi connectivity index (χ3n) is 3.02. The zero-order valence-corrected chi connectivity index (χ0v) is 11.2. The summed E-state index contributed by atoms with van der Waals surface area (Å²) in [4.78, 5) is 26.8. The molecule has 0 bridgehead atoms. The van der Waals surface area contributed by atoms with E-state index in [0.717, 1.165) is 0 Å². The van der Waals surface area contributed by atoms with Crippen LogP contribution < -0.4 is 0 Å². The Hall–Kier alpha value is -3.07. The minimum absolute atomic E-state index is 0.0598. The maximum Gasteiger partial charge on any atom is 0.280 e. The van der Waals surface area contributed by atoms with Crippen LogP contribution >= 0.6 is 0 Å². The predicted molar refractivity (Wildman–Crippen MR) is 74.8 cm³/mol. The Labute approximate surface area is 120 Å². The Morgan fingerprint density at radius 3 is 2.76 bits per heavy atom. The lowest BCUT2D eigenvalue weighted by Crippen LogP contribution is -2.13. The molecule has 0 aliphatic rings. The van der Waals surface area contributed by atoms with E-state index in [2.05, 4.69) is 4.98 Å². The summed E-state index contributed by atoms with van der Waals surface area (Å²) in [5, 5.41) is 20.3. The largest absolute Gasteiger partial charge is 0.292 e. The van der Waals surface area contributed by atoms with Crippen LogP contribution in [0.3, 0.4) is 0 Å². The second-order valence-corrected chi connectivity index (χ2v) is 4.49. The number of rotatable bonds is 4. The zero-order chi connectivity index (χ0) is 15.4. The van der Waals surface area contributed by atoms with Crippen LogP contribution in [0.1, 0.15) is 27.4 Å². The van der Waals surface area contributed by atoms with Gasteiger partial charge in [0.1, 0.15) is 5.92 Å². The van der Waals surface area contributed by atoms with Gasteiger partial charge in [0.15, 0.2) is 5.78 Å². The Kier molecular flexibility index (Phi) is 4.05. The molecule has 0 spiro atoms. The van der Waals surface area contributed by atoms with Gasteiger partial charge in [0.05, 0.1) is 16.6 Å². The second-order valence-electron chi connectivity index (χ2n) is 4.49. The van der Waals surface area contributed by atoms with E-state index in [9.17, 15) is 20.2 Å². The number of nitrogens with zero attached hydrogens (tertiary/aromatic N) is 3. The number of hydrogen-bond donors (Lipinski definition) is 0. The van der Waals surface area contributed by atoms with Gasteiger partial charge >= 0.3 is 0 Å². The van der Waals surface area contributed by atoms with Crippen LogP contribution in [0, 0.1) is 28.4 Å². The first-order valence-electron chi connectivity index (χ1n) is 6.13. The molecular weight excluding hydrogens is 270 g/mol. The van der Waals surface area contributed by atoms with Crippen LogP contribution in [-0.4, -0.2) is 15.7 Å². The van der Waals surface area contributed by atoms with Gasteiger partial charge in [-0.2, -0.15) is 5.26 Å². The molecule has 6 nitrogen and oxygen atoms in total. The molecule has 0 amide bonds. The van der Waals surface area contributed by atoms with E-state index in [1.807, 2.05) is 6.07 Å². The second kappa shape index (κ2) is 5.92. The first-order valence-corrected chi connectivity index (χ1v) is 6.13. The maximum atomic E-state index is 12.5. The Morgan fingerprint density at radius 2 is 2.19 bits per heavy atom. The molecule has 1 atom stereocenters. The van der Waals surface area contributed by atoms with E-state index in [-0.39, 0.29) is 11.3 Å². The van der Waals surface area contributed by atoms with Crippen molar-refractivity contribution >= 4 is 11.5 Å². The lowest BCUT2D eigenvalue weighted by atomic mass is 9.91. The van der Waals surface area contributed by atoms with Crippen molar-refractivity contribution in [2.75, 3.05) is 0 Å². The van der Waals surface area contributed by atoms with Crippen molar-refractivity contribution in [2.24, 2.45) is 0 Å². The average molecular weight is 281 g/mol. The van der Waals surface area contributed by atoms with E-state index in [1.165, 1.54) is 24.5 Å². The summed E-state index contributed by atoms with van der Waals surface area (Å²) in [6.07, 6.45) is 2.94. The first kappa shape index (κ1) is 14.3. The SMILES string of the molecule is Cc1ccc([N+](=O)[O-])c(C(=O)C(C#N)c2cccnc2)c1. The summed E-state index contributed by atoms with van der Waals surface area (Å²) < 4.78 is 0. The molecule has 0 saturated carbocycles. The van der Waals surface area contributed by atoms with Crippen molar-refractivity contribution in [1.82, 2.24) is 4.98 Å². The summed E-state index contributed by atoms with van der Waals surface area (Å²) >= 11 is 0. The molecule has 0 aliphatic heterocycles. The minimum Gasteiger partial charge on any atom is -0.292 e. The first-order chi connectivity index (χ1) is 10.0. The lowest BCUT2D eigenvalue weighted by molar-refractivity contribution is -0.385. The Morgan fingerprint density at radius 1 is 1.43 bits per heavy atom. The van der Waals surface area contributed by atoms with Crippen molar-refractivity contribution in [2.45, 2.75) is 12.8 Å². The zero-order valence-electron chi connectivity index (χ0n) is 11.2. The molecule has 1 aromatic carbocycles. The van der Waals surface area contributed by atoms with Crippen molar-refractivity contribution in [3.8, 4) is 6.07 Å². The number of nitriles is 1. The highest BCUT2D eigenvalue weighted by molar-refractivity contribution is 6.05. The van der Waals surface area contributed by atoms with Crippen LogP contribution in [0.4, 0.5) is 5.69 Å². The van der Waals surface area contributed by atoms with E-state index < -0.39 is 16.6 Å². The van der Waals surface area contributed by atoms with Crippen molar-refractivity contribution in [1.29, 1.82) is 5.26 Å². The number of benzene rings is 1. The number of hydrogen-bond acceptors (Lipinski definition) is 5. The maximum absolute atomic E-state index is 12.5. The Balaban J connectivity index is 2.51. The van der Waals surface area contributed by atoms with Crippen molar-refractivity contribution < 1.29 is 9.72 Å². The monoisotopic (exact) mass is 281 g/mol. The summed E-state index contributed by atoms with van der Waals surface area (Å²) in [6, 6.07) is 9.36. The van der Waals surface area contributed by atoms with Gasteiger partial charge in [0.25, 0.3) is 5.69 Å². The van der Waals surface area contributed by atoms with Gasteiger partial charge in [0, 0.05) is 18.5 Å². The number of pyridine rings is 1. The average Bonchev–Trinajstić information content (AvgIpc) is 2.48. The van der Waals surface area contributed by atoms with Gasteiger partial charge in [-0.15, -0.1) is 0 Å². The molecule has 6 heteroatoms. The molecular formula is C15H11N3O3. The lowest BCUT2D eigenvalue weighted by Gasteiger charge is -2.09. The van der Waals surface area contributed by atoms with Crippen molar-refractivity contribution in [3.63, 3.8) is 0 Å². The van der Waals surface area contributed by atoms with Crippen LogP contribution in [0.25, 0.3) is 0 Å². The molecule has 104 valence electrons. The molecule has 0 fully saturated rings. The quantitative estimate of drug-likeness (QED) is 0.487. The highest BCUT2D eigenvalue weighted by Crippen LogP contribution is 2.27. The van der Waals surface area contributed by atoms with E-state index in [4.69, 9.17) is 0 Å². The molecule has 1 heterocycles. The van der Waals surface area contributed by atoms with E-state index in [1.54, 1.807) is 25.1 Å². The summed E-state index contributed by atoms with van der Waals surface area (Å²) in [6.45, 7) is 1.73. The number of aromatic nitrogens is 1. The van der Waals surface area contributed by atoms with Gasteiger partial charge < -0.3 is 0 Å². The number of carbonyl (C=O) groups excluding carboxylic acids is 1. The number of nitro groups is 1. The summed E-state index contributed by atoms with van der Waals surface area (Å²) in [7, 11) is 0. The molecule has 1 aromatic heterocycles. The molecule has 2 aromatic rings. The minimum atomic E-state index is -1.11. The molecule has 0 radical (unpaired) electrons. The van der Waals surface area contributed by atoms with Gasteiger partial charge in [0.2, 0.25) is 0 Å². The van der Waals surface area contributed by atoms with Gasteiger partial charge in [-0.25, -0.2) is 0 Å². The summed E-state index contributed by atoms with van der Waals surface area (Å²) in [5.41, 5.74) is 0.776. The smallest absolute Gasteiger partial charge is 0.280 e. The normalized spacial score (nSPS) is 11.4. The number of ketones is 1. The van der Waals surface area contributed by atoms with E-state index >= 15 is 0 Å². The standard InChI is InChI=1S/C15H11N3O3/c1-10-4-5-14(18(20)21)12(7-10)15(19)13(8-16)11-3-2-6-17-9-11/h2-7,9,13H,1H3. The molecule has 0 aliphatic carbocycles. The fourth-order valence-corrected chi connectivity index (χ4v) is 1.99. The molecule has 2 rings (SSSR count). The fraction of sp³-hybridized carbons (Fsp3) is 0.133. The molecule has 0 N–H and O–H groups in total. The fourth-order valence-electron chi connectivity index (χ4n) is 1.99. The van der Waals surface area contributed by atoms with Crippen LogP contribution in [0.15, 0.2) is 42.7 Å². The topological polar surface area (TPSA) is 96.9 Å². The van der Waals surface area contributed by atoms with Gasteiger partial charge in [-0.3, -0.25) is 19.9 Å². The number of aryl methyl sites for hydroxylation is 1. The number of Topliss-reactive ketones (excluding diaryl/α,β-unsaturated/α-hetero) is 1. The van der Waals surface area contributed by atoms with Gasteiger partial charge in [-0.05, 0) is 30.2 Å². The number of nitro benzene ring substituents is 1. The molecule has 0 saturated heterocycles. The van der Waals surface area contributed by atoms with Crippen molar-refractivity contribution in [3.05, 3.63) is 69.5 Å². The molecule has 1 unspecified atom stereocenters. The highest BCUT2D eigenvalue weighted by atomic mass is 16.6. The third-order valence-corrected chi connectivity index (χ3v) is 3.02.